The molecule has 3 amide bonds. The molecule has 0 heterocycles. The van der Waals surface area contributed by atoms with Crippen molar-refractivity contribution >= 4 is 47.0 Å². The van der Waals surface area contributed by atoms with Gasteiger partial charge < -0.3 is 25.4 Å². The second-order valence-corrected chi connectivity index (χ2v) is 12.2. The third-order valence-corrected chi connectivity index (χ3v) is 7.44. The maximum absolute atomic E-state index is 14.2. The Balaban J connectivity index is 2.01. The van der Waals surface area contributed by atoms with Crippen molar-refractivity contribution in [2.24, 2.45) is 0 Å². The number of phenols is 1. The smallest absolute Gasteiger partial charge is 0.408 e. The number of ether oxygens (including phenoxy) is 1. The molecule has 0 saturated carbocycles. The van der Waals surface area contributed by atoms with Crippen LogP contribution >= 0.6 is 12.6 Å². The van der Waals surface area contributed by atoms with Gasteiger partial charge in [0, 0.05) is 18.0 Å². The molecule has 0 aromatic heterocycles. The van der Waals surface area contributed by atoms with Crippen LogP contribution in [-0.2, 0) is 14.3 Å². The van der Waals surface area contributed by atoms with Gasteiger partial charge in [-0.05, 0) is 80.3 Å². The monoisotopic (exact) mass is 607 g/mol. The Morgan fingerprint density at radius 2 is 1.65 bits per heavy atom. The van der Waals surface area contributed by atoms with Gasteiger partial charge in [0.2, 0.25) is 5.91 Å². The molecule has 0 aliphatic carbocycles. The second-order valence-electron chi connectivity index (χ2n) is 11.8. The summed E-state index contributed by atoms with van der Waals surface area (Å²) in [5.74, 6) is -0.745. The van der Waals surface area contributed by atoms with Crippen LogP contribution in [0.15, 0.2) is 60.7 Å². The summed E-state index contributed by atoms with van der Waals surface area (Å²) in [5, 5.41) is 17.9. The fraction of sp³-hybridized carbons (Fsp3) is 0.441. The normalized spacial score (nSPS) is 12.8. The highest BCUT2D eigenvalue weighted by atomic mass is 32.1. The molecule has 3 N–H and O–H groups in total. The number of alkyl carbamates (subject to hydrolysis) is 1. The highest BCUT2D eigenvalue weighted by Gasteiger charge is 2.36. The lowest BCUT2D eigenvalue weighted by molar-refractivity contribution is -0.140. The summed E-state index contributed by atoms with van der Waals surface area (Å²) >= 11 is 4.37. The quantitative estimate of drug-likeness (QED) is 0.122. The van der Waals surface area contributed by atoms with Crippen molar-refractivity contribution in [1.82, 2.24) is 10.2 Å². The van der Waals surface area contributed by atoms with Gasteiger partial charge in [-0.2, -0.15) is 12.6 Å². The average Bonchev–Trinajstić information content (AvgIpc) is 2.95. The van der Waals surface area contributed by atoms with E-state index in [1.54, 1.807) is 39.8 Å². The predicted molar refractivity (Wildman–Crippen MR) is 176 cm³/mol. The Kier molecular flexibility index (Phi) is 12.3. The molecule has 2 atom stereocenters. The first-order valence-corrected chi connectivity index (χ1v) is 15.6. The van der Waals surface area contributed by atoms with Crippen molar-refractivity contribution in [2.45, 2.75) is 84.4 Å². The number of unbranched alkanes of at least 4 members (excludes halogenated alkanes) is 4. The Labute approximate surface area is 260 Å². The Bertz CT molecular complexity index is 1400. The van der Waals surface area contributed by atoms with E-state index in [4.69, 9.17) is 4.74 Å². The van der Waals surface area contributed by atoms with Gasteiger partial charge >= 0.3 is 6.09 Å². The molecule has 43 heavy (non-hydrogen) atoms. The molecular formula is C34H45N3O5S. The minimum atomic E-state index is -1.03. The molecule has 0 aliphatic rings. The summed E-state index contributed by atoms with van der Waals surface area (Å²) in [6.45, 7) is 9.40. The van der Waals surface area contributed by atoms with Gasteiger partial charge in [-0.1, -0.05) is 69.0 Å². The largest absolute Gasteiger partial charge is 0.508 e. The minimum absolute atomic E-state index is 0.0119. The molecule has 0 spiro atoms. The van der Waals surface area contributed by atoms with Gasteiger partial charge in [0.15, 0.2) is 0 Å². The number of rotatable bonds is 13. The van der Waals surface area contributed by atoms with Gasteiger partial charge in [0.1, 0.15) is 23.4 Å². The number of hydrogen-bond acceptors (Lipinski definition) is 6. The summed E-state index contributed by atoms with van der Waals surface area (Å²) in [7, 11) is 0. The van der Waals surface area contributed by atoms with Crippen molar-refractivity contribution in [1.29, 1.82) is 0 Å². The Morgan fingerprint density at radius 1 is 0.953 bits per heavy atom. The number of phenolic OH excluding ortho intramolecular Hbond substituents is 1. The average molecular weight is 608 g/mol. The Morgan fingerprint density at radius 3 is 2.30 bits per heavy atom. The lowest BCUT2D eigenvalue weighted by atomic mass is 9.99. The minimum Gasteiger partial charge on any atom is -0.508 e. The number of aryl methyl sites for hydroxylation is 1. The van der Waals surface area contributed by atoms with E-state index in [2.05, 4.69) is 30.2 Å². The number of nitrogens with one attached hydrogen (secondary N) is 2. The third kappa shape index (κ3) is 9.92. The maximum atomic E-state index is 14.2. The van der Waals surface area contributed by atoms with Crippen molar-refractivity contribution < 1.29 is 24.2 Å². The highest BCUT2D eigenvalue weighted by Crippen LogP contribution is 2.29. The summed E-state index contributed by atoms with van der Waals surface area (Å²) in [4.78, 5) is 42.5. The molecule has 8 nitrogen and oxygen atoms in total. The molecule has 3 rings (SSSR count). The summed E-state index contributed by atoms with van der Waals surface area (Å²) in [5.41, 5.74) is 0.968. The number of nitrogens with zero attached hydrogens (tertiary/aromatic N) is 1. The molecule has 0 fully saturated rings. The topological polar surface area (TPSA) is 108 Å². The number of carbonyl (C=O) groups excluding carboxylic acids is 3. The molecule has 0 bridgehead atoms. The van der Waals surface area contributed by atoms with Crippen LogP contribution in [0.3, 0.4) is 0 Å². The highest BCUT2D eigenvalue weighted by molar-refractivity contribution is 7.80. The molecule has 0 saturated heterocycles. The SMILES string of the molecule is CCCCCCCN(C(=O)C(CS)NC(=O)OC(C)(C)C)C(C(=O)Nc1ccc2ccccc2c1)c1ccc(O)c(C)c1. The number of amides is 3. The fourth-order valence-electron chi connectivity index (χ4n) is 4.89. The van der Waals surface area contributed by atoms with Crippen molar-refractivity contribution in [3.63, 3.8) is 0 Å². The van der Waals surface area contributed by atoms with E-state index < -0.39 is 35.6 Å². The van der Waals surface area contributed by atoms with Crippen molar-refractivity contribution in [3.05, 3.63) is 71.8 Å². The summed E-state index contributed by atoms with van der Waals surface area (Å²) in [6.07, 6.45) is 3.99. The number of hydrogen-bond donors (Lipinski definition) is 4. The number of thiol groups is 1. The molecule has 3 aromatic rings. The molecule has 9 heteroatoms. The first-order chi connectivity index (χ1) is 20.4. The number of carbonyl (C=O) groups is 3. The maximum Gasteiger partial charge on any atom is 0.408 e. The lowest BCUT2D eigenvalue weighted by Crippen LogP contribution is -2.53. The summed E-state index contributed by atoms with van der Waals surface area (Å²) < 4.78 is 5.40. The molecule has 0 aliphatic heterocycles. The first-order valence-electron chi connectivity index (χ1n) is 14.9. The van der Waals surface area contributed by atoms with Gasteiger partial charge in [-0.25, -0.2) is 4.79 Å². The van der Waals surface area contributed by atoms with Gasteiger partial charge in [0.05, 0.1) is 0 Å². The van der Waals surface area contributed by atoms with Crippen LogP contribution in [0.5, 0.6) is 5.75 Å². The van der Waals surface area contributed by atoms with E-state index in [9.17, 15) is 19.5 Å². The standard InChI is InChI=1S/C34H45N3O5S/c1-6-7-8-9-12-19-37(32(40)28(22-43)36-33(41)42-34(3,4)5)30(26-16-18-29(38)23(2)20-26)31(39)35-27-17-15-24-13-10-11-14-25(24)21-27/h10-11,13-18,20-21,28,30,38,43H,6-9,12,19,22H2,1-5H3,(H,35,39)(H,36,41). The molecule has 0 radical (unpaired) electrons. The number of aromatic hydroxyl groups is 1. The fourth-order valence-corrected chi connectivity index (χ4v) is 5.13. The van der Waals surface area contributed by atoms with E-state index in [1.165, 1.54) is 11.0 Å². The third-order valence-electron chi connectivity index (χ3n) is 7.07. The first kappa shape index (κ1) is 33.8. The van der Waals surface area contributed by atoms with Crippen LogP contribution in [0.4, 0.5) is 10.5 Å². The zero-order valence-corrected chi connectivity index (χ0v) is 26.7. The van der Waals surface area contributed by atoms with Gasteiger partial charge in [0.25, 0.3) is 5.91 Å². The van der Waals surface area contributed by atoms with Crippen LogP contribution < -0.4 is 10.6 Å². The number of benzene rings is 3. The molecule has 232 valence electrons. The zero-order valence-electron chi connectivity index (χ0n) is 25.9. The van der Waals surface area contributed by atoms with E-state index in [0.717, 1.165) is 36.5 Å². The number of anilines is 1. The van der Waals surface area contributed by atoms with E-state index in [0.29, 0.717) is 29.8 Å². The van der Waals surface area contributed by atoms with Crippen LogP contribution in [0, 0.1) is 6.92 Å². The summed E-state index contributed by atoms with van der Waals surface area (Å²) in [6, 6.07) is 16.4. The van der Waals surface area contributed by atoms with E-state index >= 15 is 0 Å². The van der Waals surface area contributed by atoms with Crippen LogP contribution in [0.1, 0.15) is 77.0 Å². The van der Waals surface area contributed by atoms with E-state index in [-0.39, 0.29) is 11.5 Å². The molecule has 2 unspecified atom stereocenters. The van der Waals surface area contributed by atoms with Crippen molar-refractivity contribution in [2.75, 3.05) is 17.6 Å². The molecular weight excluding hydrogens is 562 g/mol. The van der Waals surface area contributed by atoms with Gasteiger partial charge in [-0.3, -0.25) is 9.59 Å². The van der Waals surface area contributed by atoms with E-state index in [1.807, 2.05) is 42.5 Å². The lowest BCUT2D eigenvalue weighted by Gasteiger charge is -2.34. The van der Waals surface area contributed by atoms with Crippen LogP contribution in [-0.4, -0.2) is 51.9 Å². The van der Waals surface area contributed by atoms with Crippen LogP contribution in [0.2, 0.25) is 0 Å². The molecule has 3 aromatic carbocycles. The van der Waals surface area contributed by atoms with Crippen LogP contribution in [0.25, 0.3) is 10.8 Å². The van der Waals surface area contributed by atoms with Gasteiger partial charge in [-0.15, -0.1) is 0 Å². The zero-order chi connectivity index (χ0) is 31.6. The predicted octanol–water partition coefficient (Wildman–Crippen LogP) is 7.16. The second kappa shape index (κ2) is 15.7. The Hall–Kier alpha value is -3.72. The van der Waals surface area contributed by atoms with Crippen molar-refractivity contribution in [3.8, 4) is 5.75 Å². The number of fused-ring (bicyclic) bond motifs is 1.